The third-order valence-corrected chi connectivity index (χ3v) is 3.73. The normalized spacial score (nSPS) is 17.4. The number of para-hydroxylation sites is 1. The third-order valence-electron chi connectivity index (χ3n) is 3.14. The summed E-state index contributed by atoms with van der Waals surface area (Å²) in [4.78, 5) is 14.1. The number of nitrogens with zero attached hydrogens (tertiary/aromatic N) is 1. The van der Waals surface area contributed by atoms with Crippen LogP contribution >= 0.6 is 11.8 Å². The van der Waals surface area contributed by atoms with Crippen molar-refractivity contribution < 1.29 is 4.79 Å². The minimum Gasteiger partial charge on any atom is -0.384 e. The van der Waals surface area contributed by atoms with Gasteiger partial charge in [0, 0.05) is 31.6 Å². The standard InChI is InChI=1S/C13H18N2OS/c1-15(7-8-17-2)13(16)11-9-14-12-6-4-3-5-10(11)12/h3-6,11,14H,7-9H2,1-2H3. The summed E-state index contributed by atoms with van der Waals surface area (Å²) in [5, 5.41) is 3.29. The molecule has 0 fully saturated rings. The van der Waals surface area contributed by atoms with Crippen molar-refractivity contribution in [1.29, 1.82) is 0 Å². The van der Waals surface area contributed by atoms with E-state index in [-0.39, 0.29) is 11.8 Å². The van der Waals surface area contributed by atoms with Gasteiger partial charge in [-0.3, -0.25) is 4.79 Å². The lowest BCUT2D eigenvalue weighted by atomic mass is 10.00. The summed E-state index contributed by atoms with van der Waals surface area (Å²) in [6, 6.07) is 8.06. The number of nitrogens with one attached hydrogen (secondary N) is 1. The maximum atomic E-state index is 12.3. The molecule has 0 saturated heterocycles. The lowest BCUT2D eigenvalue weighted by Crippen LogP contribution is -2.34. The number of rotatable bonds is 4. The second-order valence-electron chi connectivity index (χ2n) is 4.27. The molecule has 0 saturated carbocycles. The summed E-state index contributed by atoms with van der Waals surface area (Å²) in [5.74, 6) is 1.19. The Kier molecular flexibility index (Phi) is 3.94. The molecule has 1 aliphatic rings. The van der Waals surface area contributed by atoms with Crippen LogP contribution in [-0.2, 0) is 4.79 Å². The van der Waals surface area contributed by atoms with Crippen LogP contribution in [-0.4, -0.2) is 43.0 Å². The number of amides is 1. The molecule has 1 aromatic rings. The Bertz CT molecular complexity index is 408. The fourth-order valence-corrected chi connectivity index (χ4v) is 2.57. The van der Waals surface area contributed by atoms with E-state index in [2.05, 4.69) is 11.6 Å². The van der Waals surface area contributed by atoms with Crippen molar-refractivity contribution in [2.24, 2.45) is 0 Å². The molecular weight excluding hydrogens is 232 g/mol. The number of carbonyl (C=O) groups is 1. The summed E-state index contributed by atoms with van der Waals surface area (Å²) in [6.07, 6.45) is 2.06. The Morgan fingerprint density at radius 2 is 2.29 bits per heavy atom. The Hall–Kier alpha value is -1.16. The molecule has 0 bridgehead atoms. The molecule has 17 heavy (non-hydrogen) atoms. The topological polar surface area (TPSA) is 32.3 Å². The van der Waals surface area contributed by atoms with Crippen molar-refractivity contribution >= 4 is 23.4 Å². The molecule has 1 heterocycles. The van der Waals surface area contributed by atoms with Crippen molar-refractivity contribution in [2.75, 3.05) is 37.5 Å². The Labute approximate surface area is 107 Å². The number of hydrogen-bond donors (Lipinski definition) is 1. The van der Waals surface area contributed by atoms with E-state index in [0.717, 1.165) is 30.1 Å². The summed E-state index contributed by atoms with van der Waals surface area (Å²) in [7, 11) is 1.89. The first-order valence-corrected chi connectivity index (χ1v) is 7.20. The minimum absolute atomic E-state index is 0.0157. The average molecular weight is 250 g/mol. The van der Waals surface area contributed by atoms with Crippen LogP contribution < -0.4 is 5.32 Å². The van der Waals surface area contributed by atoms with Gasteiger partial charge >= 0.3 is 0 Å². The number of anilines is 1. The first-order valence-electron chi connectivity index (χ1n) is 5.80. The molecule has 1 N–H and O–H groups in total. The zero-order valence-corrected chi connectivity index (χ0v) is 11.1. The Morgan fingerprint density at radius 1 is 1.53 bits per heavy atom. The van der Waals surface area contributed by atoms with Gasteiger partial charge in [-0.1, -0.05) is 18.2 Å². The number of hydrogen-bond acceptors (Lipinski definition) is 3. The predicted molar refractivity (Wildman–Crippen MR) is 73.7 cm³/mol. The van der Waals surface area contributed by atoms with E-state index < -0.39 is 0 Å². The minimum atomic E-state index is -0.0157. The maximum Gasteiger partial charge on any atom is 0.231 e. The Morgan fingerprint density at radius 3 is 3.06 bits per heavy atom. The summed E-state index contributed by atoms with van der Waals surface area (Å²) >= 11 is 1.77. The van der Waals surface area contributed by atoms with E-state index >= 15 is 0 Å². The molecule has 1 aliphatic heterocycles. The van der Waals surface area contributed by atoms with Gasteiger partial charge < -0.3 is 10.2 Å². The monoisotopic (exact) mass is 250 g/mol. The first-order chi connectivity index (χ1) is 8.24. The van der Waals surface area contributed by atoms with Gasteiger partial charge in [0.25, 0.3) is 0 Å². The number of carbonyl (C=O) groups excluding carboxylic acids is 1. The molecule has 0 spiro atoms. The van der Waals surface area contributed by atoms with Crippen molar-refractivity contribution in [1.82, 2.24) is 4.90 Å². The van der Waals surface area contributed by atoms with Gasteiger partial charge in [-0.25, -0.2) is 0 Å². The van der Waals surface area contributed by atoms with Gasteiger partial charge in [-0.05, 0) is 17.9 Å². The van der Waals surface area contributed by atoms with Crippen LogP contribution in [0.2, 0.25) is 0 Å². The maximum absolute atomic E-state index is 12.3. The zero-order chi connectivity index (χ0) is 12.3. The van der Waals surface area contributed by atoms with Gasteiger partial charge in [0.15, 0.2) is 0 Å². The second kappa shape index (κ2) is 5.45. The van der Waals surface area contributed by atoms with Crippen molar-refractivity contribution in [3.05, 3.63) is 29.8 Å². The summed E-state index contributed by atoms with van der Waals surface area (Å²) in [6.45, 7) is 1.54. The van der Waals surface area contributed by atoms with Gasteiger partial charge in [-0.15, -0.1) is 0 Å². The molecule has 92 valence electrons. The molecule has 0 radical (unpaired) electrons. The lowest BCUT2D eigenvalue weighted by Gasteiger charge is -2.20. The van der Waals surface area contributed by atoms with Crippen LogP contribution in [0.1, 0.15) is 11.5 Å². The largest absolute Gasteiger partial charge is 0.384 e. The van der Waals surface area contributed by atoms with E-state index in [9.17, 15) is 4.79 Å². The van der Waals surface area contributed by atoms with E-state index in [0.29, 0.717) is 0 Å². The predicted octanol–water partition coefficient (Wildman–Crippen LogP) is 2.02. The number of thioether (sulfide) groups is 1. The van der Waals surface area contributed by atoms with Crippen LogP contribution in [0.5, 0.6) is 0 Å². The number of benzene rings is 1. The summed E-state index contributed by atoms with van der Waals surface area (Å²) < 4.78 is 0. The number of fused-ring (bicyclic) bond motifs is 1. The molecule has 0 aliphatic carbocycles. The van der Waals surface area contributed by atoms with Gasteiger partial charge in [0.05, 0.1) is 5.92 Å². The van der Waals surface area contributed by atoms with Crippen molar-refractivity contribution in [3.63, 3.8) is 0 Å². The molecule has 1 amide bonds. The van der Waals surface area contributed by atoms with Crippen LogP contribution in [0.25, 0.3) is 0 Å². The van der Waals surface area contributed by atoms with E-state index in [1.165, 1.54) is 0 Å². The fourth-order valence-electron chi connectivity index (χ4n) is 2.11. The summed E-state index contributed by atoms with van der Waals surface area (Å²) in [5.41, 5.74) is 2.23. The smallest absolute Gasteiger partial charge is 0.231 e. The van der Waals surface area contributed by atoms with Crippen molar-refractivity contribution in [3.8, 4) is 0 Å². The number of likely N-dealkylation sites (N-methyl/N-ethyl adjacent to an activating group) is 1. The second-order valence-corrected chi connectivity index (χ2v) is 5.26. The third kappa shape index (κ3) is 2.57. The van der Waals surface area contributed by atoms with E-state index in [1.807, 2.05) is 36.2 Å². The molecule has 0 aromatic heterocycles. The highest BCUT2D eigenvalue weighted by molar-refractivity contribution is 7.98. The van der Waals surface area contributed by atoms with Crippen molar-refractivity contribution in [2.45, 2.75) is 5.92 Å². The highest BCUT2D eigenvalue weighted by Crippen LogP contribution is 2.31. The molecule has 3 nitrogen and oxygen atoms in total. The highest BCUT2D eigenvalue weighted by atomic mass is 32.2. The SMILES string of the molecule is CSCCN(C)C(=O)C1CNc2ccccc21. The van der Waals surface area contributed by atoms with Gasteiger partial charge in [-0.2, -0.15) is 11.8 Å². The molecule has 1 atom stereocenters. The molecular formula is C13H18N2OS. The van der Waals surface area contributed by atoms with Crippen LogP contribution in [0.4, 0.5) is 5.69 Å². The van der Waals surface area contributed by atoms with Crippen LogP contribution in [0.3, 0.4) is 0 Å². The van der Waals surface area contributed by atoms with E-state index in [4.69, 9.17) is 0 Å². The Balaban J connectivity index is 2.07. The lowest BCUT2D eigenvalue weighted by molar-refractivity contribution is -0.130. The molecule has 1 unspecified atom stereocenters. The van der Waals surface area contributed by atoms with Crippen LogP contribution in [0, 0.1) is 0 Å². The average Bonchev–Trinajstić information content (AvgIpc) is 2.78. The van der Waals surface area contributed by atoms with Gasteiger partial charge in [0.2, 0.25) is 5.91 Å². The van der Waals surface area contributed by atoms with Gasteiger partial charge in [0.1, 0.15) is 0 Å². The fraction of sp³-hybridized carbons (Fsp3) is 0.462. The quantitative estimate of drug-likeness (QED) is 0.887. The molecule has 4 heteroatoms. The highest BCUT2D eigenvalue weighted by Gasteiger charge is 2.29. The van der Waals surface area contributed by atoms with Crippen LogP contribution in [0.15, 0.2) is 24.3 Å². The van der Waals surface area contributed by atoms with E-state index in [1.54, 1.807) is 11.8 Å². The molecule has 1 aromatic carbocycles. The first kappa shape index (κ1) is 12.3. The zero-order valence-electron chi connectivity index (χ0n) is 10.3. The molecule has 2 rings (SSSR count).